The average molecular weight is 345 g/mol. The van der Waals surface area contributed by atoms with Crippen molar-refractivity contribution < 1.29 is 4.79 Å². The molecule has 3 aromatic rings. The number of hydrogen-bond donors (Lipinski definition) is 0. The SMILES string of the molecule is Cc1ccc(C(=O)N2CCN(c3cncc4ccccc34)CC2)cc1C. The summed E-state index contributed by atoms with van der Waals surface area (Å²) in [6.07, 6.45) is 3.83. The molecule has 0 spiro atoms. The van der Waals surface area contributed by atoms with E-state index in [0.717, 1.165) is 48.4 Å². The predicted molar refractivity (Wildman–Crippen MR) is 106 cm³/mol. The molecule has 0 saturated carbocycles. The summed E-state index contributed by atoms with van der Waals surface area (Å²) in [5.74, 6) is 0.129. The standard InChI is InChI=1S/C22H23N3O/c1-16-7-8-18(13-17(16)2)22(26)25-11-9-24(10-12-25)21-15-23-14-19-5-3-4-6-20(19)21/h3-8,13-15H,9-12H2,1-2H3. The number of rotatable bonds is 2. The van der Waals surface area contributed by atoms with Crippen LogP contribution in [0, 0.1) is 13.8 Å². The Balaban J connectivity index is 1.50. The Morgan fingerprint density at radius 1 is 0.923 bits per heavy atom. The van der Waals surface area contributed by atoms with Crippen molar-refractivity contribution in [2.45, 2.75) is 13.8 Å². The van der Waals surface area contributed by atoms with E-state index in [1.807, 2.05) is 41.6 Å². The van der Waals surface area contributed by atoms with Gasteiger partial charge in [-0.3, -0.25) is 9.78 Å². The number of fused-ring (bicyclic) bond motifs is 1. The van der Waals surface area contributed by atoms with Crippen molar-refractivity contribution in [3.63, 3.8) is 0 Å². The summed E-state index contributed by atoms with van der Waals surface area (Å²) < 4.78 is 0. The highest BCUT2D eigenvalue weighted by atomic mass is 16.2. The highest BCUT2D eigenvalue weighted by Gasteiger charge is 2.23. The van der Waals surface area contributed by atoms with E-state index in [4.69, 9.17) is 0 Å². The second-order valence-corrected chi connectivity index (χ2v) is 6.96. The number of pyridine rings is 1. The lowest BCUT2D eigenvalue weighted by molar-refractivity contribution is 0.0747. The van der Waals surface area contributed by atoms with Crippen LogP contribution in [0.2, 0.25) is 0 Å². The lowest BCUT2D eigenvalue weighted by Crippen LogP contribution is -2.48. The van der Waals surface area contributed by atoms with E-state index in [1.165, 1.54) is 10.9 Å². The number of aromatic nitrogens is 1. The number of amides is 1. The summed E-state index contributed by atoms with van der Waals surface area (Å²) in [5, 5.41) is 2.37. The molecule has 132 valence electrons. The van der Waals surface area contributed by atoms with Crippen molar-refractivity contribution in [1.29, 1.82) is 0 Å². The van der Waals surface area contributed by atoms with Gasteiger partial charge < -0.3 is 9.80 Å². The lowest BCUT2D eigenvalue weighted by Gasteiger charge is -2.36. The Hall–Kier alpha value is -2.88. The molecule has 1 aliphatic heterocycles. The molecule has 0 aliphatic carbocycles. The molecule has 0 unspecified atom stereocenters. The molecule has 26 heavy (non-hydrogen) atoms. The summed E-state index contributed by atoms with van der Waals surface area (Å²) in [6, 6.07) is 14.3. The summed E-state index contributed by atoms with van der Waals surface area (Å²) in [7, 11) is 0. The van der Waals surface area contributed by atoms with Crippen LogP contribution in [0.5, 0.6) is 0 Å². The molecule has 2 aromatic carbocycles. The molecule has 4 heteroatoms. The Kier molecular flexibility index (Phi) is 4.33. The predicted octanol–water partition coefficient (Wildman–Crippen LogP) is 3.81. The lowest BCUT2D eigenvalue weighted by atomic mass is 10.1. The first-order chi connectivity index (χ1) is 12.6. The smallest absolute Gasteiger partial charge is 0.253 e. The number of nitrogens with zero attached hydrogens (tertiary/aromatic N) is 3. The average Bonchev–Trinajstić information content (AvgIpc) is 2.69. The van der Waals surface area contributed by atoms with Crippen LogP contribution in [0.3, 0.4) is 0 Å². The topological polar surface area (TPSA) is 36.4 Å². The van der Waals surface area contributed by atoms with Gasteiger partial charge in [0, 0.05) is 48.7 Å². The maximum atomic E-state index is 12.8. The molecule has 0 atom stereocenters. The zero-order chi connectivity index (χ0) is 18.1. The second-order valence-electron chi connectivity index (χ2n) is 6.96. The van der Waals surface area contributed by atoms with Gasteiger partial charge >= 0.3 is 0 Å². The van der Waals surface area contributed by atoms with Gasteiger partial charge in [0.2, 0.25) is 0 Å². The van der Waals surface area contributed by atoms with E-state index in [9.17, 15) is 4.79 Å². The maximum absolute atomic E-state index is 12.8. The molecule has 0 bridgehead atoms. The molecule has 4 nitrogen and oxygen atoms in total. The van der Waals surface area contributed by atoms with E-state index in [-0.39, 0.29) is 5.91 Å². The second kappa shape index (κ2) is 6.79. The fourth-order valence-electron chi connectivity index (χ4n) is 3.56. The van der Waals surface area contributed by atoms with Gasteiger partial charge in [-0.05, 0) is 37.1 Å². The Morgan fingerprint density at radius 3 is 2.46 bits per heavy atom. The first-order valence-corrected chi connectivity index (χ1v) is 9.08. The van der Waals surface area contributed by atoms with Gasteiger partial charge in [0.05, 0.1) is 11.9 Å². The van der Waals surface area contributed by atoms with Gasteiger partial charge in [0.15, 0.2) is 0 Å². The zero-order valence-electron chi connectivity index (χ0n) is 15.3. The summed E-state index contributed by atoms with van der Waals surface area (Å²) in [4.78, 5) is 21.5. The van der Waals surface area contributed by atoms with E-state index in [0.29, 0.717) is 0 Å². The van der Waals surface area contributed by atoms with Crippen LogP contribution in [0.1, 0.15) is 21.5 Å². The Morgan fingerprint density at radius 2 is 1.69 bits per heavy atom. The first kappa shape index (κ1) is 16.6. The minimum absolute atomic E-state index is 0.129. The van der Waals surface area contributed by atoms with Crippen LogP contribution in [0.4, 0.5) is 5.69 Å². The molecule has 0 radical (unpaired) electrons. The minimum atomic E-state index is 0.129. The van der Waals surface area contributed by atoms with Crippen molar-refractivity contribution in [3.05, 3.63) is 71.5 Å². The van der Waals surface area contributed by atoms with E-state index >= 15 is 0 Å². The number of carbonyl (C=O) groups is 1. The third kappa shape index (κ3) is 3.03. The van der Waals surface area contributed by atoms with Crippen molar-refractivity contribution in [1.82, 2.24) is 9.88 Å². The third-order valence-electron chi connectivity index (χ3n) is 5.31. The first-order valence-electron chi connectivity index (χ1n) is 9.08. The van der Waals surface area contributed by atoms with Gasteiger partial charge in [-0.2, -0.15) is 0 Å². The van der Waals surface area contributed by atoms with Gasteiger partial charge in [0.25, 0.3) is 5.91 Å². The Labute approximate surface area is 154 Å². The third-order valence-corrected chi connectivity index (χ3v) is 5.31. The van der Waals surface area contributed by atoms with Gasteiger partial charge in [-0.25, -0.2) is 0 Å². The van der Waals surface area contributed by atoms with E-state index in [2.05, 4.69) is 41.9 Å². The van der Waals surface area contributed by atoms with Crippen LogP contribution in [0.15, 0.2) is 54.9 Å². The number of piperazine rings is 1. The fourth-order valence-corrected chi connectivity index (χ4v) is 3.56. The summed E-state index contributed by atoms with van der Waals surface area (Å²) >= 11 is 0. The molecule has 1 saturated heterocycles. The van der Waals surface area contributed by atoms with Crippen LogP contribution in [-0.4, -0.2) is 42.0 Å². The maximum Gasteiger partial charge on any atom is 0.253 e. The molecule has 1 amide bonds. The minimum Gasteiger partial charge on any atom is -0.366 e. The van der Waals surface area contributed by atoms with Crippen LogP contribution in [0.25, 0.3) is 10.8 Å². The molecule has 1 aromatic heterocycles. The van der Waals surface area contributed by atoms with Gasteiger partial charge in [0.1, 0.15) is 0 Å². The highest BCUT2D eigenvalue weighted by Crippen LogP contribution is 2.26. The monoisotopic (exact) mass is 345 g/mol. The number of hydrogen-bond acceptors (Lipinski definition) is 3. The molecular formula is C22H23N3O. The Bertz CT molecular complexity index is 953. The van der Waals surface area contributed by atoms with Crippen LogP contribution < -0.4 is 4.90 Å². The fraction of sp³-hybridized carbons (Fsp3) is 0.273. The number of anilines is 1. The van der Waals surface area contributed by atoms with Gasteiger partial charge in [-0.1, -0.05) is 30.3 Å². The highest BCUT2D eigenvalue weighted by molar-refractivity contribution is 5.95. The van der Waals surface area contributed by atoms with E-state index in [1.54, 1.807) is 0 Å². The van der Waals surface area contributed by atoms with Gasteiger partial charge in [-0.15, -0.1) is 0 Å². The summed E-state index contributed by atoms with van der Waals surface area (Å²) in [6.45, 7) is 7.24. The molecule has 2 heterocycles. The molecule has 0 N–H and O–H groups in total. The normalized spacial score (nSPS) is 14.7. The van der Waals surface area contributed by atoms with Crippen molar-refractivity contribution in [2.75, 3.05) is 31.1 Å². The summed E-state index contributed by atoms with van der Waals surface area (Å²) in [5.41, 5.74) is 4.32. The number of aryl methyl sites for hydroxylation is 2. The quantitative estimate of drug-likeness (QED) is 0.708. The molecule has 1 aliphatic rings. The van der Waals surface area contributed by atoms with Crippen LogP contribution >= 0.6 is 0 Å². The van der Waals surface area contributed by atoms with Crippen molar-refractivity contribution >= 4 is 22.4 Å². The number of benzene rings is 2. The number of carbonyl (C=O) groups excluding carboxylic acids is 1. The van der Waals surface area contributed by atoms with Crippen molar-refractivity contribution in [3.8, 4) is 0 Å². The van der Waals surface area contributed by atoms with Crippen LogP contribution in [-0.2, 0) is 0 Å². The van der Waals surface area contributed by atoms with E-state index < -0.39 is 0 Å². The zero-order valence-corrected chi connectivity index (χ0v) is 15.3. The largest absolute Gasteiger partial charge is 0.366 e. The van der Waals surface area contributed by atoms with Crippen molar-refractivity contribution in [2.24, 2.45) is 0 Å². The molecule has 4 rings (SSSR count). The molecule has 1 fully saturated rings. The molecular weight excluding hydrogens is 322 g/mol.